The van der Waals surface area contributed by atoms with Gasteiger partial charge in [-0.2, -0.15) is 0 Å². The summed E-state index contributed by atoms with van der Waals surface area (Å²) in [5.41, 5.74) is 3.18. The van der Waals surface area contributed by atoms with E-state index in [1.54, 1.807) is 0 Å². The van der Waals surface area contributed by atoms with Crippen LogP contribution in [0.1, 0.15) is 30.5 Å². The Hall–Kier alpha value is -2.60. The summed E-state index contributed by atoms with van der Waals surface area (Å²) in [5, 5.41) is 11.5. The molecule has 2 aromatic carbocycles. The standard InChI is InChI=1S/C20H21N3O2S/c1-3-17(15-11-9-14(2)10-12-15)21-18(24)13-26-20-23-22-19(25-20)16-7-5-4-6-8-16/h4-12,17H,3,13H2,1-2H3,(H,21,24)/t17-/m0/s1. The van der Waals surface area contributed by atoms with Gasteiger partial charge in [0.1, 0.15) is 0 Å². The minimum Gasteiger partial charge on any atom is -0.411 e. The van der Waals surface area contributed by atoms with E-state index in [0.717, 1.165) is 17.5 Å². The first-order chi connectivity index (χ1) is 12.7. The van der Waals surface area contributed by atoms with Crippen molar-refractivity contribution in [1.82, 2.24) is 15.5 Å². The number of carbonyl (C=O) groups excluding carboxylic acids is 1. The van der Waals surface area contributed by atoms with Crippen molar-refractivity contribution in [2.24, 2.45) is 0 Å². The van der Waals surface area contributed by atoms with Crippen molar-refractivity contribution >= 4 is 17.7 Å². The number of carbonyl (C=O) groups is 1. The lowest BCUT2D eigenvalue weighted by molar-refractivity contribution is -0.119. The van der Waals surface area contributed by atoms with E-state index in [2.05, 4.69) is 46.7 Å². The number of nitrogens with zero attached hydrogens (tertiary/aromatic N) is 2. The number of hydrogen-bond acceptors (Lipinski definition) is 5. The van der Waals surface area contributed by atoms with Crippen molar-refractivity contribution in [2.45, 2.75) is 31.5 Å². The Morgan fingerprint density at radius 1 is 1.12 bits per heavy atom. The average Bonchev–Trinajstić information content (AvgIpc) is 3.15. The second kappa shape index (κ2) is 8.67. The lowest BCUT2D eigenvalue weighted by atomic mass is 10.0. The van der Waals surface area contributed by atoms with E-state index in [9.17, 15) is 4.79 Å². The second-order valence-corrected chi connectivity index (χ2v) is 6.89. The summed E-state index contributed by atoms with van der Waals surface area (Å²) < 4.78 is 5.61. The first-order valence-electron chi connectivity index (χ1n) is 8.53. The molecule has 0 spiro atoms. The first kappa shape index (κ1) is 18.2. The lowest BCUT2D eigenvalue weighted by Crippen LogP contribution is -2.29. The zero-order valence-corrected chi connectivity index (χ0v) is 15.6. The van der Waals surface area contributed by atoms with Crippen LogP contribution in [0.2, 0.25) is 0 Å². The molecule has 3 aromatic rings. The Morgan fingerprint density at radius 2 is 1.85 bits per heavy atom. The second-order valence-electron chi connectivity index (χ2n) is 5.97. The number of aromatic nitrogens is 2. The van der Waals surface area contributed by atoms with Crippen LogP contribution >= 0.6 is 11.8 Å². The van der Waals surface area contributed by atoms with Crippen LogP contribution in [0.25, 0.3) is 11.5 Å². The maximum atomic E-state index is 12.3. The third-order valence-corrected chi connectivity index (χ3v) is 4.80. The molecule has 1 heterocycles. The molecule has 0 aliphatic carbocycles. The summed E-state index contributed by atoms with van der Waals surface area (Å²) in [7, 11) is 0. The van der Waals surface area contributed by atoms with Crippen LogP contribution in [0.3, 0.4) is 0 Å². The molecule has 1 amide bonds. The van der Waals surface area contributed by atoms with Gasteiger partial charge in [-0.25, -0.2) is 0 Å². The molecule has 1 N–H and O–H groups in total. The summed E-state index contributed by atoms with van der Waals surface area (Å²) >= 11 is 1.24. The predicted octanol–water partition coefficient (Wildman–Crippen LogP) is 4.40. The van der Waals surface area contributed by atoms with Gasteiger partial charge in [0.05, 0.1) is 11.8 Å². The molecular weight excluding hydrogens is 346 g/mol. The van der Waals surface area contributed by atoms with Gasteiger partial charge in [-0.3, -0.25) is 4.79 Å². The fourth-order valence-corrected chi connectivity index (χ4v) is 3.12. The van der Waals surface area contributed by atoms with E-state index in [0.29, 0.717) is 11.1 Å². The van der Waals surface area contributed by atoms with Crippen LogP contribution in [-0.2, 0) is 4.79 Å². The molecule has 26 heavy (non-hydrogen) atoms. The molecule has 134 valence electrons. The zero-order valence-electron chi connectivity index (χ0n) is 14.8. The Bertz CT molecular complexity index is 847. The third kappa shape index (κ3) is 4.73. The molecule has 0 aliphatic heterocycles. The van der Waals surface area contributed by atoms with Gasteiger partial charge in [0.25, 0.3) is 5.22 Å². The molecule has 5 nitrogen and oxygen atoms in total. The van der Waals surface area contributed by atoms with E-state index in [1.807, 2.05) is 37.3 Å². The molecule has 0 aliphatic rings. The molecule has 3 rings (SSSR count). The van der Waals surface area contributed by atoms with Gasteiger partial charge in [0.15, 0.2) is 0 Å². The molecule has 6 heteroatoms. The van der Waals surface area contributed by atoms with E-state index in [-0.39, 0.29) is 17.7 Å². The first-order valence-corrected chi connectivity index (χ1v) is 9.52. The van der Waals surface area contributed by atoms with Crippen LogP contribution in [0.4, 0.5) is 0 Å². The normalized spacial score (nSPS) is 11.9. The average molecular weight is 367 g/mol. The van der Waals surface area contributed by atoms with Crippen molar-refractivity contribution in [2.75, 3.05) is 5.75 Å². The van der Waals surface area contributed by atoms with Gasteiger partial charge < -0.3 is 9.73 Å². The smallest absolute Gasteiger partial charge is 0.277 e. The van der Waals surface area contributed by atoms with Gasteiger partial charge in [-0.05, 0) is 31.0 Å². The molecule has 0 unspecified atom stereocenters. The summed E-state index contributed by atoms with van der Waals surface area (Å²) in [4.78, 5) is 12.3. The fraction of sp³-hybridized carbons (Fsp3) is 0.250. The molecule has 0 bridgehead atoms. The topological polar surface area (TPSA) is 68.0 Å². The van der Waals surface area contributed by atoms with Crippen molar-refractivity contribution in [3.05, 3.63) is 65.7 Å². The van der Waals surface area contributed by atoms with Gasteiger partial charge in [0, 0.05) is 5.56 Å². The number of thioether (sulfide) groups is 1. The van der Waals surface area contributed by atoms with Gasteiger partial charge in [-0.1, -0.05) is 66.7 Å². The summed E-state index contributed by atoms with van der Waals surface area (Å²) in [6, 6.07) is 17.8. The zero-order chi connectivity index (χ0) is 18.4. The molecule has 1 atom stereocenters. The van der Waals surface area contributed by atoms with Crippen molar-refractivity contribution < 1.29 is 9.21 Å². The summed E-state index contributed by atoms with van der Waals surface area (Å²) in [6.45, 7) is 4.11. The molecule has 0 radical (unpaired) electrons. The highest BCUT2D eigenvalue weighted by atomic mass is 32.2. The predicted molar refractivity (Wildman–Crippen MR) is 103 cm³/mol. The van der Waals surface area contributed by atoms with Crippen molar-refractivity contribution in [1.29, 1.82) is 0 Å². The van der Waals surface area contributed by atoms with Crippen LogP contribution in [-0.4, -0.2) is 21.9 Å². The Kier molecular flexibility index (Phi) is 6.07. The number of rotatable bonds is 7. The summed E-state index contributed by atoms with van der Waals surface area (Å²) in [6.07, 6.45) is 0.832. The Balaban J connectivity index is 1.55. The van der Waals surface area contributed by atoms with Crippen LogP contribution < -0.4 is 5.32 Å². The van der Waals surface area contributed by atoms with E-state index in [1.165, 1.54) is 17.3 Å². The fourth-order valence-electron chi connectivity index (χ4n) is 2.55. The minimum atomic E-state index is -0.0538. The van der Waals surface area contributed by atoms with Crippen LogP contribution in [0.5, 0.6) is 0 Å². The quantitative estimate of drug-likeness (QED) is 0.627. The molecule has 1 aromatic heterocycles. The number of hydrogen-bond donors (Lipinski definition) is 1. The van der Waals surface area contributed by atoms with Crippen LogP contribution in [0.15, 0.2) is 64.2 Å². The number of aryl methyl sites for hydroxylation is 1. The van der Waals surface area contributed by atoms with Gasteiger partial charge in [0.2, 0.25) is 11.8 Å². The van der Waals surface area contributed by atoms with E-state index >= 15 is 0 Å². The van der Waals surface area contributed by atoms with E-state index < -0.39 is 0 Å². The van der Waals surface area contributed by atoms with Crippen LogP contribution in [0, 0.1) is 6.92 Å². The van der Waals surface area contributed by atoms with E-state index in [4.69, 9.17) is 4.42 Å². The highest BCUT2D eigenvalue weighted by Gasteiger charge is 2.15. The number of nitrogens with one attached hydrogen (secondary N) is 1. The minimum absolute atomic E-state index is 0.00580. The van der Waals surface area contributed by atoms with Crippen molar-refractivity contribution in [3.63, 3.8) is 0 Å². The lowest BCUT2D eigenvalue weighted by Gasteiger charge is -2.17. The molecule has 0 fully saturated rings. The largest absolute Gasteiger partial charge is 0.411 e. The maximum absolute atomic E-state index is 12.3. The highest BCUT2D eigenvalue weighted by molar-refractivity contribution is 7.99. The number of amides is 1. The highest BCUT2D eigenvalue weighted by Crippen LogP contribution is 2.23. The maximum Gasteiger partial charge on any atom is 0.277 e. The monoisotopic (exact) mass is 367 g/mol. The summed E-state index contributed by atoms with van der Waals surface area (Å²) in [5.74, 6) is 0.639. The SMILES string of the molecule is CC[C@H](NC(=O)CSc1nnc(-c2ccccc2)o1)c1ccc(C)cc1. The van der Waals surface area contributed by atoms with Crippen molar-refractivity contribution in [3.8, 4) is 11.5 Å². The Morgan fingerprint density at radius 3 is 2.54 bits per heavy atom. The molecular formula is C20H21N3O2S. The van der Waals surface area contributed by atoms with Gasteiger partial charge >= 0.3 is 0 Å². The molecule has 0 saturated carbocycles. The van der Waals surface area contributed by atoms with Gasteiger partial charge in [-0.15, -0.1) is 10.2 Å². The molecule has 0 saturated heterocycles. The Labute approximate surface area is 157 Å². The number of benzene rings is 2. The third-order valence-electron chi connectivity index (χ3n) is 3.98.